The van der Waals surface area contributed by atoms with E-state index in [1.165, 1.54) is 0 Å². The Hall–Kier alpha value is -0.260. The van der Waals surface area contributed by atoms with E-state index in [9.17, 15) is 18.0 Å². The van der Waals surface area contributed by atoms with Crippen molar-refractivity contribution >= 4 is 21.9 Å². The molecule has 0 N–H and O–H groups in total. The Morgan fingerprint density at radius 1 is 1.54 bits per heavy atom. The van der Waals surface area contributed by atoms with Crippen LogP contribution in [-0.2, 0) is 9.53 Å². The summed E-state index contributed by atoms with van der Waals surface area (Å²) in [4.78, 5) is 10.4. The standard InChI is InChI=1S/C7H10BrF3O2/c1-2-5(8)4-13-6(12)3-7(9,10)11/h5H,2-4H2,1H3. The minimum Gasteiger partial charge on any atom is -0.464 e. The summed E-state index contributed by atoms with van der Waals surface area (Å²) in [5.41, 5.74) is 0. The zero-order chi connectivity index (χ0) is 10.5. The van der Waals surface area contributed by atoms with Crippen LogP contribution in [-0.4, -0.2) is 23.6 Å². The molecule has 0 rings (SSSR count). The van der Waals surface area contributed by atoms with Crippen molar-refractivity contribution < 1.29 is 22.7 Å². The van der Waals surface area contributed by atoms with Gasteiger partial charge in [-0.2, -0.15) is 13.2 Å². The molecule has 0 saturated carbocycles. The minimum atomic E-state index is -4.48. The van der Waals surface area contributed by atoms with Crippen molar-refractivity contribution in [2.24, 2.45) is 0 Å². The van der Waals surface area contributed by atoms with E-state index in [0.29, 0.717) is 6.42 Å². The summed E-state index contributed by atoms with van der Waals surface area (Å²) in [6, 6.07) is 0. The molecule has 0 amide bonds. The number of carbonyl (C=O) groups excluding carboxylic acids is 1. The van der Waals surface area contributed by atoms with Crippen LogP contribution in [0.5, 0.6) is 0 Å². The zero-order valence-electron chi connectivity index (χ0n) is 7.03. The fraction of sp³-hybridized carbons (Fsp3) is 0.857. The Kier molecular flexibility index (Phi) is 5.36. The van der Waals surface area contributed by atoms with Gasteiger partial charge in [-0.1, -0.05) is 22.9 Å². The van der Waals surface area contributed by atoms with E-state index in [-0.39, 0.29) is 11.4 Å². The van der Waals surface area contributed by atoms with E-state index in [1.54, 1.807) is 0 Å². The normalized spacial score (nSPS) is 13.9. The molecule has 0 aliphatic heterocycles. The molecule has 0 spiro atoms. The van der Waals surface area contributed by atoms with Gasteiger partial charge in [-0.05, 0) is 6.42 Å². The van der Waals surface area contributed by atoms with E-state index in [4.69, 9.17) is 0 Å². The second-order valence-electron chi connectivity index (χ2n) is 2.48. The second-order valence-corrected chi connectivity index (χ2v) is 3.78. The number of rotatable bonds is 4. The molecule has 0 aliphatic carbocycles. The molecule has 0 aromatic carbocycles. The van der Waals surface area contributed by atoms with Crippen molar-refractivity contribution in [3.8, 4) is 0 Å². The van der Waals surface area contributed by atoms with Crippen molar-refractivity contribution in [2.75, 3.05) is 6.61 Å². The van der Waals surface area contributed by atoms with Crippen LogP contribution in [0.3, 0.4) is 0 Å². The first-order valence-corrected chi connectivity index (χ1v) is 4.63. The lowest BCUT2D eigenvalue weighted by molar-refractivity contribution is -0.171. The van der Waals surface area contributed by atoms with E-state index in [0.717, 1.165) is 0 Å². The summed E-state index contributed by atoms with van der Waals surface area (Å²) >= 11 is 3.13. The first-order valence-electron chi connectivity index (χ1n) is 3.71. The molecule has 0 fully saturated rings. The quantitative estimate of drug-likeness (QED) is 0.575. The number of ether oxygens (including phenoxy) is 1. The molecule has 0 heterocycles. The molecule has 13 heavy (non-hydrogen) atoms. The average molecular weight is 263 g/mol. The fourth-order valence-electron chi connectivity index (χ4n) is 0.516. The van der Waals surface area contributed by atoms with Gasteiger partial charge in [-0.3, -0.25) is 4.79 Å². The number of hydrogen-bond donors (Lipinski definition) is 0. The Bertz CT molecular complexity index is 170. The van der Waals surface area contributed by atoms with Gasteiger partial charge in [0.15, 0.2) is 0 Å². The van der Waals surface area contributed by atoms with Gasteiger partial charge in [-0.25, -0.2) is 0 Å². The van der Waals surface area contributed by atoms with Crippen molar-refractivity contribution in [3.05, 3.63) is 0 Å². The summed E-state index contributed by atoms with van der Waals surface area (Å²) in [6.07, 6.45) is -5.30. The molecule has 0 saturated heterocycles. The van der Waals surface area contributed by atoms with Crippen LogP contribution in [0, 0.1) is 0 Å². The summed E-state index contributed by atoms with van der Waals surface area (Å²) in [5.74, 6) is -1.23. The maximum atomic E-state index is 11.6. The highest BCUT2D eigenvalue weighted by atomic mass is 79.9. The highest BCUT2D eigenvalue weighted by Crippen LogP contribution is 2.20. The Labute approximate surface area is 82.6 Å². The molecular weight excluding hydrogens is 253 g/mol. The van der Waals surface area contributed by atoms with Crippen LogP contribution in [0.25, 0.3) is 0 Å². The van der Waals surface area contributed by atoms with Crippen LogP contribution < -0.4 is 0 Å². The number of esters is 1. The van der Waals surface area contributed by atoms with Gasteiger partial charge in [0.2, 0.25) is 0 Å². The molecule has 0 aromatic rings. The van der Waals surface area contributed by atoms with Gasteiger partial charge in [0, 0.05) is 4.83 Å². The minimum absolute atomic E-state index is 0.0224. The highest BCUT2D eigenvalue weighted by molar-refractivity contribution is 9.09. The van der Waals surface area contributed by atoms with Crippen LogP contribution in [0.15, 0.2) is 0 Å². The third-order valence-electron chi connectivity index (χ3n) is 1.21. The molecular formula is C7H10BrF3O2. The molecule has 0 aromatic heterocycles. The molecule has 0 bridgehead atoms. The number of carbonyl (C=O) groups is 1. The van der Waals surface area contributed by atoms with E-state index in [2.05, 4.69) is 20.7 Å². The summed E-state index contributed by atoms with van der Waals surface area (Å²) in [6.45, 7) is 1.81. The van der Waals surface area contributed by atoms with Crippen LogP contribution in [0.4, 0.5) is 13.2 Å². The molecule has 78 valence electrons. The molecule has 0 radical (unpaired) electrons. The smallest absolute Gasteiger partial charge is 0.399 e. The van der Waals surface area contributed by atoms with Gasteiger partial charge in [0.1, 0.15) is 13.0 Å². The van der Waals surface area contributed by atoms with Gasteiger partial charge in [0.05, 0.1) is 0 Å². The average Bonchev–Trinajstić information content (AvgIpc) is 1.97. The summed E-state index contributed by atoms with van der Waals surface area (Å²) in [7, 11) is 0. The topological polar surface area (TPSA) is 26.3 Å². The fourth-order valence-corrected chi connectivity index (χ4v) is 0.648. The molecule has 6 heteroatoms. The Morgan fingerprint density at radius 2 is 2.08 bits per heavy atom. The predicted molar refractivity (Wildman–Crippen MR) is 44.6 cm³/mol. The third-order valence-corrected chi connectivity index (χ3v) is 2.12. The van der Waals surface area contributed by atoms with Gasteiger partial charge < -0.3 is 4.74 Å². The van der Waals surface area contributed by atoms with E-state index < -0.39 is 18.6 Å². The molecule has 2 nitrogen and oxygen atoms in total. The largest absolute Gasteiger partial charge is 0.464 e. The summed E-state index contributed by atoms with van der Waals surface area (Å²) < 4.78 is 39.2. The summed E-state index contributed by atoms with van der Waals surface area (Å²) in [5, 5.41) is 0. The SMILES string of the molecule is CCC(Br)COC(=O)CC(F)(F)F. The zero-order valence-corrected chi connectivity index (χ0v) is 8.61. The predicted octanol–water partition coefficient (Wildman–Crippen LogP) is 2.66. The highest BCUT2D eigenvalue weighted by Gasteiger charge is 2.32. The van der Waals surface area contributed by atoms with Gasteiger partial charge >= 0.3 is 12.1 Å². The van der Waals surface area contributed by atoms with E-state index in [1.807, 2.05) is 6.92 Å². The van der Waals surface area contributed by atoms with Crippen molar-refractivity contribution in [2.45, 2.75) is 30.8 Å². The number of halogens is 4. The maximum Gasteiger partial charge on any atom is 0.399 e. The van der Waals surface area contributed by atoms with Crippen LogP contribution >= 0.6 is 15.9 Å². The first kappa shape index (κ1) is 12.7. The molecule has 0 aliphatic rings. The second kappa shape index (κ2) is 5.47. The number of alkyl halides is 4. The van der Waals surface area contributed by atoms with Crippen molar-refractivity contribution in [1.29, 1.82) is 0 Å². The number of hydrogen-bond acceptors (Lipinski definition) is 2. The van der Waals surface area contributed by atoms with Crippen molar-refractivity contribution in [3.63, 3.8) is 0 Å². The molecule has 1 unspecified atom stereocenters. The lowest BCUT2D eigenvalue weighted by Crippen LogP contribution is -2.20. The monoisotopic (exact) mass is 262 g/mol. The van der Waals surface area contributed by atoms with E-state index >= 15 is 0 Å². The lowest BCUT2D eigenvalue weighted by atomic mass is 10.3. The van der Waals surface area contributed by atoms with Crippen LogP contribution in [0.2, 0.25) is 0 Å². The third kappa shape index (κ3) is 8.08. The van der Waals surface area contributed by atoms with Gasteiger partial charge in [0.25, 0.3) is 0 Å². The lowest BCUT2D eigenvalue weighted by Gasteiger charge is -2.09. The first-order chi connectivity index (χ1) is 5.85. The Balaban J connectivity index is 3.64. The van der Waals surface area contributed by atoms with Crippen LogP contribution in [0.1, 0.15) is 19.8 Å². The Morgan fingerprint density at radius 3 is 2.46 bits per heavy atom. The van der Waals surface area contributed by atoms with Crippen molar-refractivity contribution in [1.82, 2.24) is 0 Å². The molecule has 1 atom stereocenters. The maximum absolute atomic E-state index is 11.6. The van der Waals surface area contributed by atoms with Gasteiger partial charge in [-0.15, -0.1) is 0 Å².